The fourth-order valence-corrected chi connectivity index (χ4v) is 11.4. The lowest BCUT2D eigenvalue weighted by molar-refractivity contribution is -0.152. The van der Waals surface area contributed by atoms with E-state index in [2.05, 4.69) is 37.6 Å². The molecule has 2 aromatic heterocycles. The Morgan fingerprint density at radius 3 is 2.35 bits per heavy atom. The highest BCUT2D eigenvalue weighted by molar-refractivity contribution is 5.94. The number of benzene rings is 2. The minimum absolute atomic E-state index is 0.0102. The van der Waals surface area contributed by atoms with Crippen molar-refractivity contribution in [3.05, 3.63) is 70.6 Å². The number of nitrogens with one attached hydrogen (secondary N) is 2. The summed E-state index contributed by atoms with van der Waals surface area (Å²) in [6.45, 7) is 5.61. The van der Waals surface area contributed by atoms with E-state index in [0.717, 1.165) is 98.4 Å². The van der Waals surface area contributed by atoms with E-state index in [9.17, 15) is 14.4 Å². The van der Waals surface area contributed by atoms with E-state index in [-0.39, 0.29) is 22.8 Å². The molecule has 11 nitrogen and oxygen atoms in total. The molecule has 0 unspecified atom stereocenters. The first-order valence-electron chi connectivity index (χ1n) is 20.4. The van der Waals surface area contributed by atoms with Crippen molar-refractivity contribution < 1.29 is 14.3 Å². The first-order chi connectivity index (χ1) is 26.6. The zero-order valence-electron chi connectivity index (χ0n) is 32.0. The molecule has 2 N–H and O–H groups in total. The van der Waals surface area contributed by atoms with Gasteiger partial charge in [0, 0.05) is 79.0 Å². The Kier molecular flexibility index (Phi) is 8.22. The molecule has 11 heteroatoms. The van der Waals surface area contributed by atoms with E-state index in [1.54, 1.807) is 30.0 Å². The lowest BCUT2D eigenvalue weighted by Gasteiger charge is -2.58. The molecule has 0 radical (unpaired) electrons. The Morgan fingerprint density at radius 1 is 0.927 bits per heavy atom. The number of rotatable bonds is 9. The van der Waals surface area contributed by atoms with Gasteiger partial charge in [0.1, 0.15) is 5.75 Å². The van der Waals surface area contributed by atoms with Gasteiger partial charge in [0.15, 0.2) is 5.65 Å². The zero-order valence-corrected chi connectivity index (χ0v) is 32.0. The number of hydrogen-bond acceptors (Lipinski definition) is 8. The molecule has 4 heterocycles. The third-order valence-corrected chi connectivity index (χ3v) is 14.0. The summed E-state index contributed by atoms with van der Waals surface area (Å²) in [4.78, 5) is 53.5. The number of methoxy groups -OCH3 is 1. The molecular formula is C44H51N7O4. The third kappa shape index (κ3) is 6.43. The molecule has 11 rings (SSSR count). The molecule has 2 aromatic carbocycles. The minimum Gasteiger partial charge on any atom is -0.494 e. The summed E-state index contributed by atoms with van der Waals surface area (Å²) < 4.78 is 7.43. The van der Waals surface area contributed by atoms with Crippen molar-refractivity contribution in [3.63, 3.8) is 0 Å². The van der Waals surface area contributed by atoms with Gasteiger partial charge in [-0.15, -0.1) is 0 Å². The van der Waals surface area contributed by atoms with Crippen LogP contribution in [0.5, 0.6) is 5.75 Å². The van der Waals surface area contributed by atoms with Crippen molar-refractivity contribution in [2.45, 2.75) is 77.6 Å². The molecule has 4 aromatic rings. The molecule has 7 fully saturated rings. The van der Waals surface area contributed by atoms with E-state index >= 15 is 0 Å². The van der Waals surface area contributed by atoms with Crippen LogP contribution in [0.2, 0.25) is 0 Å². The van der Waals surface area contributed by atoms with E-state index < -0.39 is 0 Å². The summed E-state index contributed by atoms with van der Waals surface area (Å²) in [5.41, 5.74) is 4.66. The maximum Gasteiger partial charge on any atom is 0.257 e. The van der Waals surface area contributed by atoms with Crippen LogP contribution in [0.25, 0.3) is 16.7 Å². The van der Waals surface area contributed by atoms with Gasteiger partial charge in [-0.25, -0.2) is 4.98 Å². The number of ether oxygens (including phenoxy) is 1. The predicted octanol–water partition coefficient (Wildman–Crippen LogP) is 7.23. The Hall–Kier alpha value is -4.93. The quantitative estimate of drug-likeness (QED) is 0.185. The maximum absolute atomic E-state index is 13.6. The number of fused-ring (bicyclic) bond motifs is 1. The summed E-state index contributed by atoms with van der Waals surface area (Å²) in [7, 11) is 1.66. The largest absolute Gasteiger partial charge is 0.494 e. The highest BCUT2D eigenvalue weighted by Crippen LogP contribution is 2.61. The average molecular weight is 742 g/mol. The number of aryl methyl sites for hydroxylation is 1. The Labute approximate surface area is 321 Å². The summed E-state index contributed by atoms with van der Waals surface area (Å²) in [5.74, 6) is 4.16. The van der Waals surface area contributed by atoms with Crippen LogP contribution in [-0.4, -0.2) is 64.5 Å². The van der Waals surface area contributed by atoms with Gasteiger partial charge >= 0.3 is 0 Å². The van der Waals surface area contributed by atoms with Crippen LogP contribution in [-0.2, 0) is 9.59 Å². The van der Waals surface area contributed by atoms with Crippen molar-refractivity contribution in [3.8, 4) is 11.4 Å². The maximum atomic E-state index is 13.6. The van der Waals surface area contributed by atoms with Crippen molar-refractivity contribution in [1.82, 2.24) is 19.4 Å². The average Bonchev–Trinajstić information content (AvgIpc) is 4.00. The van der Waals surface area contributed by atoms with E-state index in [4.69, 9.17) is 9.72 Å². The lowest BCUT2D eigenvalue weighted by Crippen LogP contribution is -2.62. The van der Waals surface area contributed by atoms with Gasteiger partial charge in [0.25, 0.3) is 5.56 Å². The van der Waals surface area contributed by atoms with Gasteiger partial charge in [-0.2, -0.15) is 4.98 Å². The van der Waals surface area contributed by atoms with E-state index in [1.807, 2.05) is 31.2 Å². The normalized spacial score (nSPS) is 26.3. The molecule has 4 bridgehead atoms. The number of anilines is 4. The van der Waals surface area contributed by atoms with Crippen molar-refractivity contribution >= 4 is 45.9 Å². The fourth-order valence-electron chi connectivity index (χ4n) is 11.4. The Balaban J connectivity index is 0.807. The second-order valence-corrected chi connectivity index (χ2v) is 18.1. The predicted molar refractivity (Wildman–Crippen MR) is 213 cm³/mol. The molecule has 5 aliphatic carbocycles. The molecule has 2 aliphatic heterocycles. The first kappa shape index (κ1) is 34.6. The number of carbonyl (C=O) groups excluding carboxylic acids is 2. The second kappa shape index (κ2) is 13.1. The van der Waals surface area contributed by atoms with Crippen LogP contribution in [0.3, 0.4) is 0 Å². The lowest BCUT2D eigenvalue weighted by atomic mass is 9.48. The zero-order chi connectivity index (χ0) is 37.5. The summed E-state index contributed by atoms with van der Waals surface area (Å²) in [6, 6.07) is 15.1. The molecule has 5 saturated carbocycles. The minimum atomic E-state index is -0.218. The Morgan fingerprint density at radius 2 is 1.65 bits per heavy atom. The molecular weight excluding hydrogens is 691 g/mol. The molecule has 7 aliphatic rings. The highest BCUT2D eigenvalue weighted by Gasteiger charge is 2.53. The van der Waals surface area contributed by atoms with Crippen molar-refractivity contribution in [2.24, 2.45) is 34.5 Å². The van der Waals surface area contributed by atoms with Gasteiger partial charge in [0.2, 0.25) is 17.8 Å². The number of piperidine rings is 1. The molecule has 55 heavy (non-hydrogen) atoms. The number of hydrogen-bond donors (Lipinski definition) is 2. The van der Waals surface area contributed by atoms with Crippen molar-refractivity contribution in [1.29, 1.82) is 0 Å². The highest BCUT2D eigenvalue weighted by atomic mass is 16.5. The van der Waals surface area contributed by atoms with Crippen LogP contribution in [0.1, 0.15) is 76.2 Å². The monoisotopic (exact) mass is 741 g/mol. The summed E-state index contributed by atoms with van der Waals surface area (Å²) in [5, 5.41) is 7.07. The summed E-state index contributed by atoms with van der Waals surface area (Å²) >= 11 is 0. The van der Waals surface area contributed by atoms with Gasteiger partial charge in [-0.05, 0) is 130 Å². The SMILES string of the molecule is COc1cc(N2CCC3(CC2)CN(C(=O)CC24CC5CC(CC(C5)C2)C4)C3)ccc1Nc1ncc2c(C)cc(=O)n(-c3cccc(NC(=O)C4CC4)c3)c2n1. The first-order valence-corrected chi connectivity index (χ1v) is 20.4. The van der Waals surface area contributed by atoms with Crippen LogP contribution < -0.4 is 25.8 Å². The second-order valence-electron chi connectivity index (χ2n) is 18.1. The van der Waals surface area contributed by atoms with E-state index in [1.165, 1.54) is 38.5 Å². The molecule has 2 amide bonds. The smallest absolute Gasteiger partial charge is 0.257 e. The molecule has 286 valence electrons. The van der Waals surface area contributed by atoms with Crippen LogP contribution >= 0.6 is 0 Å². The van der Waals surface area contributed by atoms with Crippen LogP contribution in [0.15, 0.2) is 59.5 Å². The van der Waals surface area contributed by atoms with Crippen LogP contribution in [0.4, 0.5) is 23.0 Å². The Bertz CT molecular complexity index is 2210. The molecule has 2 saturated heterocycles. The van der Waals surface area contributed by atoms with Gasteiger partial charge in [-0.1, -0.05) is 6.07 Å². The number of pyridine rings is 1. The number of nitrogens with zero attached hydrogens (tertiary/aromatic N) is 5. The molecule has 1 spiro atoms. The third-order valence-electron chi connectivity index (χ3n) is 14.0. The van der Waals surface area contributed by atoms with Crippen LogP contribution in [0, 0.1) is 41.4 Å². The standard InChI is InChI=1S/C44H51N7O4/c1-27-14-38(52)51(34-5-3-4-32(18-34)46-41(54)31-6-7-31)40-35(27)24-45-42(48-40)47-36-9-8-33(19-37(36)55-2)49-12-10-43(11-13-49)25-50(26-43)39(53)23-44-20-28-15-29(21-44)17-30(16-28)22-44/h3-5,8-9,14,18-19,24,28-31H,6-7,10-13,15-17,20-23,25-26H2,1-2H3,(H,46,54)(H,45,47,48). The number of aromatic nitrogens is 3. The topological polar surface area (TPSA) is 122 Å². The number of amides is 2. The molecule has 0 atom stereocenters. The fraction of sp³-hybridized carbons (Fsp3) is 0.523. The van der Waals surface area contributed by atoms with E-state index in [0.29, 0.717) is 40.0 Å². The number of likely N-dealkylation sites (tertiary alicyclic amines) is 1. The van der Waals surface area contributed by atoms with Crippen molar-refractivity contribution in [2.75, 3.05) is 48.8 Å². The number of carbonyl (C=O) groups is 2. The summed E-state index contributed by atoms with van der Waals surface area (Å²) in [6.07, 6.45) is 14.7. The van der Waals surface area contributed by atoms with Gasteiger partial charge < -0.3 is 25.2 Å². The van der Waals surface area contributed by atoms with Gasteiger partial charge in [0.05, 0.1) is 18.5 Å². The van der Waals surface area contributed by atoms with Gasteiger partial charge in [-0.3, -0.25) is 19.0 Å².